The van der Waals surface area contributed by atoms with Crippen molar-refractivity contribution in [1.82, 2.24) is 5.32 Å². The first kappa shape index (κ1) is 58.3. The first-order chi connectivity index (χ1) is 30.0. The highest BCUT2D eigenvalue weighted by atomic mass is 16.5. The lowest BCUT2D eigenvalue weighted by molar-refractivity contribution is -0.151. The van der Waals surface area contributed by atoms with Crippen molar-refractivity contribution in [3.05, 3.63) is 72.9 Å². The molecule has 0 saturated heterocycles. The first-order valence-electron chi connectivity index (χ1n) is 25.7. The number of aliphatic hydroxyl groups is 2. The SMILES string of the molecule is CC/C=C/C=C/C=C/C=C\CCCCCCCC(=O)OC(CCCCCCC/C=C\C/C=C\CCCCC)CC(=O)NC(CO)C(O)CCCCCCCCCCCCCC. The van der Waals surface area contributed by atoms with Gasteiger partial charge in [-0.2, -0.15) is 0 Å². The van der Waals surface area contributed by atoms with Crippen LogP contribution in [-0.4, -0.2) is 46.9 Å². The molecule has 0 aromatic carbocycles. The van der Waals surface area contributed by atoms with Gasteiger partial charge >= 0.3 is 5.97 Å². The minimum Gasteiger partial charge on any atom is -0.462 e. The van der Waals surface area contributed by atoms with Gasteiger partial charge in [0.2, 0.25) is 5.91 Å². The number of esters is 1. The number of rotatable bonds is 45. The molecule has 0 aliphatic rings. The number of carbonyl (C=O) groups is 2. The Morgan fingerprint density at radius 1 is 0.508 bits per heavy atom. The first-order valence-corrected chi connectivity index (χ1v) is 25.7. The van der Waals surface area contributed by atoms with Crippen molar-refractivity contribution in [2.75, 3.05) is 6.61 Å². The fourth-order valence-corrected chi connectivity index (χ4v) is 7.47. The van der Waals surface area contributed by atoms with Crippen molar-refractivity contribution in [1.29, 1.82) is 0 Å². The van der Waals surface area contributed by atoms with Crippen LogP contribution in [0.1, 0.15) is 239 Å². The lowest BCUT2D eigenvalue weighted by atomic mass is 10.0. The molecule has 0 aliphatic heterocycles. The van der Waals surface area contributed by atoms with Gasteiger partial charge in [0, 0.05) is 6.42 Å². The largest absolute Gasteiger partial charge is 0.462 e. The van der Waals surface area contributed by atoms with Crippen molar-refractivity contribution >= 4 is 11.9 Å². The van der Waals surface area contributed by atoms with Crippen molar-refractivity contribution < 1.29 is 24.5 Å². The minimum atomic E-state index is -0.798. The van der Waals surface area contributed by atoms with Gasteiger partial charge in [-0.05, 0) is 77.0 Å². The molecule has 0 bridgehead atoms. The number of allylic oxidation sites excluding steroid dienone is 12. The van der Waals surface area contributed by atoms with E-state index in [2.05, 4.69) is 80.8 Å². The molecule has 0 fully saturated rings. The van der Waals surface area contributed by atoms with Crippen LogP contribution >= 0.6 is 0 Å². The summed E-state index contributed by atoms with van der Waals surface area (Å²) >= 11 is 0. The maximum Gasteiger partial charge on any atom is 0.306 e. The van der Waals surface area contributed by atoms with Gasteiger partial charge in [0.1, 0.15) is 6.10 Å². The third kappa shape index (κ3) is 43.7. The van der Waals surface area contributed by atoms with Crippen molar-refractivity contribution in [2.45, 2.75) is 257 Å². The van der Waals surface area contributed by atoms with E-state index in [1.54, 1.807) is 0 Å². The number of ether oxygens (including phenoxy) is 1. The maximum absolute atomic E-state index is 13.2. The van der Waals surface area contributed by atoms with E-state index in [0.29, 0.717) is 19.3 Å². The van der Waals surface area contributed by atoms with Gasteiger partial charge < -0.3 is 20.3 Å². The van der Waals surface area contributed by atoms with E-state index in [1.165, 1.54) is 96.3 Å². The molecule has 3 unspecified atom stereocenters. The molecule has 6 nitrogen and oxygen atoms in total. The van der Waals surface area contributed by atoms with Crippen LogP contribution in [0.15, 0.2) is 72.9 Å². The molecule has 0 saturated carbocycles. The van der Waals surface area contributed by atoms with Gasteiger partial charge in [-0.25, -0.2) is 0 Å². The molecular weight excluding hydrogens is 755 g/mol. The van der Waals surface area contributed by atoms with E-state index in [4.69, 9.17) is 4.74 Å². The molecular formula is C55H97NO5. The molecule has 0 rings (SSSR count). The molecule has 0 spiro atoms. The Hall–Kier alpha value is -2.70. The lowest BCUT2D eigenvalue weighted by Gasteiger charge is -2.24. The number of unbranched alkanes of at least 4 members (excludes halogenated alkanes) is 24. The average molecular weight is 852 g/mol. The van der Waals surface area contributed by atoms with Crippen LogP contribution in [0, 0.1) is 0 Å². The fraction of sp³-hybridized carbons (Fsp3) is 0.745. The van der Waals surface area contributed by atoms with Gasteiger partial charge in [0.15, 0.2) is 0 Å². The third-order valence-corrected chi connectivity index (χ3v) is 11.4. The molecule has 6 heteroatoms. The van der Waals surface area contributed by atoms with Crippen molar-refractivity contribution in [3.8, 4) is 0 Å². The van der Waals surface area contributed by atoms with E-state index in [-0.39, 0.29) is 24.9 Å². The van der Waals surface area contributed by atoms with Gasteiger partial charge in [0.25, 0.3) is 0 Å². The smallest absolute Gasteiger partial charge is 0.306 e. The van der Waals surface area contributed by atoms with E-state index in [1.807, 2.05) is 18.2 Å². The zero-order valence-electron chi connectivity index (χ0n) is 40.0. The quantitative estimate of drug-likeness (QED) is 0.0245. The molecule has 0 aromatic rings. The van der Waals surface area contributed by atoms with Gasteiger partial charge in [-0.15, -0.1) is 0 Å². The molecule has 0 aliphatic carbocycles. The summed E-state index contributed by atoms with van der Waals surface area (Å²) in [7, 11) is 0. The Bertz CT molecular complexity index is 1140. The molecule has 352 valence electrons. The molecule has 0 heterocycles. The predicted molar refractivity (Wildman–Crippen MR) is 264 cm³/mol. The fourth-order valence-electron chi connectivity index (χ4n) is 7.47. The highest BCUT2D eigenvalue weighted by Crippen LogP contribution is 2.17. The number of hydrogen-bond donors (Lipinski definition) is 3. The highest BCUT2D eigenvalue weighted by Gasteiger charge is 2.24. The van der Waals surface area contributed by atoms with E-state index in [9.17, 15) is 19.8 Å². The summed E-state index contributed by atoms with van der Waals surface area (Å²) in [5.74, 6) is -0.515. The van der Waals surface area contributed by atoms with Crippen LogP contribution in [0.4, 0.5) is 0 Å². The number of amides is 1. The maximum atomic E-state index is 13.2. The second kappa shape index (κ2) is 48.3. The number of nitrogens with one attached hydrogen (secondary N) is 1. The summed E-state index contributed by atoms with van der Waals surface area (Å²) in [6, 6.07) is -0.713. The van der Waals surface area contributed by atoms with Gasteiger partial charge in [0.05, 0.1) is 25.2 Å². The number of aliphatic hydroxyl groups excluding tert-OH is 2. The van der Waals surface area contributed by atoms with Crippen LogP contribution in [0.25, 0.3) is 0 Å². The van der Waals surface area contributed by atoms with Crippen LogP contribution in [0.3, 0.4) is 0 Å². The molecule has 0 radical (unpaired) electrons. The summed E-state index contributed by atoms with van der Waals surface area (Å²) < 4.78 is 5.92. The average Bonchev–Trinajstić information content (AvgIpc) is 3.25. The highest BCUT2D eigenvalue weighted by molar-refractivity contribution is 5.77. The predicted octanol–water partition coefficient (Wildman–Crippen LogP) is 15.4. The Morgan fingerprint density at radius 3 is 1.51 bits per heavy atom. The van der Waals surface area contributed by atoms with Crippen LogP contribution in [0.2, 0.25) is 0 Å². The molecule has 3 atom stereocenters. The second-order valence-electron chi connectivity index (χ2n) is 17.3. The van der Waals surface area contributed by atoms with Crippen molar-refractivity contribution in [3.63, 3.8) is 0 Å². The summed E-state index contributed by atoms with van der Waals surface area (Å²) in [6.07, 6.45) is 60.9. The van der Waals surface area contributed by atoms with Crippen LogP contribution in [0.5, 0.6) is 0 Å². The monoisotopic (exact) mass is 852 g/mol. The summed E-state index contributed by atoms with van der Waals surface area (Å²) in [6.45, 7) is 6.31. The van der Waals surface area contributed by atoms with E-state index >= 15 is 0 Å². The minimum absolute atomic E-state index is 0.0559. The van der Waals surface area contributed by atoms with Crippen LogP contribution < -0.4 is 5.32 Å². The second-order valence-corrected chi connectivity index (χ2v) is 17.3. The van der Waals surface area contributed by atoms with E-state index in [0.717, 1.165) is 96.3 Å². The third-order valence-electron chi connectivity index (χ3n) is 11.4. The number of carbonyl (C=O) groups excluding carboxylic acids is 2. The van der Waals surface area contributed by atoms with Gasteiger partial charge in [-0.3, -0.25) is 9.59 Å². The Morgan fingerprint density at radius 2 is 0.951 bits per heavy atom. The number of hydrogen-bond acceptors (Lipinski definition) is 5. The topological polar surface area (TPSA) is 95.9 Å². The van der Waals surface area contributed by atoms with Crippen LogP contribution in [-0.2, 0) is 14.3 Å². The summed E-state index contributed by atoms with van der Waals surface area (Å²) in [5, 5.41) is 23.8. The molecule has 0 aromatic heterocycles. The summed E-state index contributed by atoms with van der Waals surface area (Å²) in [4.78, 5) is 26.1. The Labute approximate surface area is 377 Å². The Balaban J connectivity index is 4.67. The van der Waals surface area contributed by atoms with Crippen molar-refractivity contribution in [2.24, 2.45) is 0 Å². The zero-order chi connectivity index (χ0) is 44.5. The standard InChI is InChI=1S/C55H97NO5/c1-4-7-10-13-16-19-22-25-27-29-31-34-37-40-43-46-51(61-55(60)48-45-42-39-36-33-30-28-26-23-20-17-14-11-8-5-2)49-54(59)56-52(50-57)53(58)47-44-41-38-35-32-24-21-18-15-12-9-6-3/h8,11,14,16-17,19-20,23,25-28,51-53,57-58H,4-7,9-10,12-13,15,18,21-22,24,29-50H2,1-3H3,(H,56,59)/b11-8+,17-14+,19-16-,23-20+,27-25-,28-26-. The molecule has 1 amide bonds. The molecule has 61 heavy (non-hydrogen) atoms. The van der Waals surface area contributed by atoms with Gasteiger partial charge in [-0.1, -0.05) is 222 Å². The normalized spacial score (nSPS) is 13.9. The van der Waals surface area contributed by atoms with E-state index < -0.39 is 18.2 Å². The Kier molecular flexibility index (Phi) is 46.2. The molecule has 3 N–H and O–H groups in total. The summed E-state index contributed by atoms with van der Waals surface area (Å²) in [5.41, 5.74) is 0. The zero-order valence-corrected chi connectivity index (χ0v) is 40.0. The lowest BCUT2D eigenvalue weighted by Crippen LogP contribution is -2.46.